The minimum atomic E-state index is 0.763. The highest BCUT2D eigenvalue weighted by atomic mass is 15.3. The van der Waals surface area contributed by atoms with Crippen molar-refractivity contribution in [3.05, 3.63) is 0 Å². The number of rotatable bonds is 4. The summed E-state index contributed by atoms with van der Waals surface area (Å²) in [7, 11) is 0. The molecule has 0 amide bonds. The maximum Gasteiger partial charge on any atom is 0.0113 e. The maximum absolute atomic E-state index is 3.51. The van der Waals surface area contributed by atoms with Crippen molar-refractivity contribution in [2.24, 2.45) is 11.3 Å². The molecular formula is C16H31N3. The van der Waals surface area contributed by atoms with Gasteiger partial charge < -0.3 is 10.2 Å². The number of nitrogens with zero attached hydrogens (tertiary/aromatic N) is 2. The summed E-state index contributed by atoms with van der Waals surface area (Å²) < 4.78 is 0. The molecule has 1 spiro atoms. The second kappa shape index (κ2) is 5.71. The Morgan fingerprint density at radius 3 is 2.47 bits per heavy atom. The van der Waals surface area contributed by atoms with Gasteiger partial charge in [0.2, 0.25) is 0 Å². The average Bonchev–Trinajstić information content (AvgIpc) is 3.11. The van der Waals surface area contributed by atoms with E-state index in [4.69, 9.17) is 0 Å². The normalized spacial score (nSPS) is 33.5. The molecule has 0 radical (unpaired) electrons. The van der Waals surface area contributed by atoms with Crippen LogP contribution in [0.25, 0.3) is 0 Å². The molecule has 2 heterocycles. The highest BCUT2D eigenvalue weighted by Gasteiger charge is 2.53. The van der Waals surface area contributed by atoms with Gasteiger partial charge in [0, 0.05) is 38.8 Å². The Balaban J connectivity index is 1.41. The third kappa shape index (κ3) is 2.98. The van der Waals surface area contributed by atoms with Crippen LogP contribution in [0.5, 0.6) is 0 Å². The van der Waals surface area contributed by atoms with Gasteiger partial charge in [0.05, 0.1) is 0 Å². The molecule has 2 unspecified atom stereocenters. The molecule has 2 saturated heterocycles. The molecule has 0 aromatic carbocycles. The third-order valence-corrected chi connectivity index (χ3v) is 6.06. The topological polar surface area (TPSA) is 18.5 Å². The van der Waals surface area contributed by atoms with Crippen LogP contribution < -0.4 is 5.32 Å². The third-order valence-electron chi connectivity index (χ3n) is 6.06. The van der Waals surface area contributed by atoms with Crippen LogP contribution in [0.4, 0.5) is 0 Å². The lowest BCUT2D eigenvalue weighted by molar-refractivity contribution is 0.0934. The Labute approximate surface area is 118 Å². The van der Waals surface area contributed by atoms with Gasteiger partial charge in [-0.15, -0.1) is 0 Å². The average molecular weight is 265 g/mol. The first kappa shape index (κ1) is 13.8. The van der Waals surface area contributed by atoms with Gasteiger partial charge in [-0.25, -0.2) is 0 Å². The Hall–Kier alpha value is -0.120. The van der Waals surface area contributed by atoms with E-state index in [0.29, 0.717) is 0 Å². The summed E-state index contributed by atoms with van der Waals surface area (Å²) in [5, 5.41) is 3.51. The fourth-order valence-electron chi connectivity index (χ4n) is 4.18. The van der Waals surface area contributed by atoms with E-state index in [1.807, 2.05) is 0 Å². The van der Waals surface area contributed by atoms with E-state index in [2.05, 4.69) is 29.0 Å². The lowest BCUT2D eigenvalue weighted by atomic mass is 9.92. The summed E-state index contributed by atoms with van der Waals surface area (Å²) in [5.74, 6) is 1.02. The molecule has 110 valence electrons. The van der Waals surface area contributed by atoms with Crippen LogP contribution in [-0.4, -0.2) is 61.7 Å². The van der Waals surface area contributed by atoms with Crippen LogP contribution in [0.2, 0.25) is 0 Å². The van der Waals surface area contributed by atoms with Crippen LogP contribution >= 0.6 is 0 Å². The molecule has 3 aliphatic rings. The van der Waals surface area contributed by atoms with Gasteiger partial charge in [0.15, 0.2) is 0 Å². The van der Waals surface area contributed by atoms with Crippen LogP contribution in [0.3, 0.4) is 0 Å². The van der Waals surface area contributed by atoms with E-state index in [1.54, 1.807) is 0 Å². The van der Waals surface area contributed by atoms with E-state index in [0.717, 1.165) is 17.4 Å². The predicted octanol–water partition coefficient (Wildman–Crippen LogP) is 1.79. The number of piperidine rings is 1. The van der Waals surface area contributed by atoms with E-state index >= 15 is 0 Å². The summed E-state index contributed by atoms with van der Waals surface area (Å²) in [4.78, 5) is 5.41. The van der Waals surface area contributed by atoms with E-state index in [-0.39, 0.29) is 0 Å². The minimum Gasteiger partial charge on any atom is -0.317 e. The summed E-state index contributed by atoms with van der Waals surface area (Å²) in [6.07, 6.45) is 5.67. The van der Waals surface area contributed by atoms with E-state index in [1.165, 1.54) is 71.5 Å². The zero-order chi connectivity index (χ0) is 13.3. The Morgan fingerprint density at radius 2 is 1.84 bits per heavy atom. The first-order valence-corrected chi connectivity index (χ1v) is 8.40. The Bertz CT molecular complexity index is 290. The standard InChI is InChI=1S/C16H31N3/c1-3-14(2)19-10-8-18(9-11-19)13-15-12-16(15)4-6-17-7-5-16/h14-15,17H,3-13H2,1-2H3. The molecule has 3 fully saturated rings. The lowest BCUT2D eigenvalue weighted by Gasteiger charge is -2.38. The number of hydrogen-bond acceptors (Lipinski definition) is 3. The largest absolute Gasteiger partial charge is 0.317 e. The smallest absolute Gasteiger partial charge is 0.0113 e. The minimum absolute atomic E-state index is 0.763. The van der Waals surface area contributed by atoms with Gasteiger partial charge >= 0.3 is 0 Å². The molecule has 3 rings (SSSR count). The van der Waals surface area contributed by atoms with Crippen molar-refractivity contribution in [3.63, 3.8) is 0 Å². The first-order chi connectivity index (χ1) is 9.23. The van der Waals surface area contributed by atoms with Crippen LogP contribution in [-0.2, 0) is 0 Å². The lowest BCUT2D eigenvalue weighted by Crippen LogP contribution is -2.50. The molecule has 1 N–H and O–H groups in total. The van der Waals surface area contributed by atoms with Crippen molar-refractivity contribution in [1.29, 1.82) is 0 Å². The molecule has 0 aromatic rings. The highest BCUT2D eigenvalue weighted by molar-refractivity contribution is 5.05. The molecule has 2 aliphatic heterocycles. The number of nitrogens with one attached hydrogen (secondary N) is 1. The molecule has 3 heteroatoms. The zero-order valence-corrected chi connectivity index (χ0v) is 12.8. The fraction of sp³-hybridized carbons (Fsp3) is 1.00. The van der Waals surface area contributed by atoms with Crippen molar-refractivity contribution in [3.8, 4) is 0 Å². The van der Waals surface area contributed by atoms with Gasteiger partial charge in [-0.3, -0.25) is 4.90 Å². The number of hydrogen-bond donors (Lipinski definition) is 1. The summed E-state index contributed by atoms with van der Waals surface area (Å²) >= 11 is 0. The Kier molecular flexibility index (Phi) is 4.16. The fourth-order valence-corrected chi connectivity index (χ4v) is 4.18. The monoisotopic (exact) mass is 265 g/mol. The second-order valence-electron chi connectivity index (χ2n) is 7.11. The molecule has 2 atom stereocenters. The summed E-state index contributed by atoms with van der Waals surface area (Å²) in [5.41, 5.74) is 0.763. The van der Waals surface area contributed by atoms with E-state index < -0.39 is 0 Å². The van der Waals surface area contributed by atoms with Crippen molar-refractivity contribution >= 4 is 0 Å². The highest BCUT2D eigenvalue weighted by Crippen LogP contribution is 2.58. The molecule has 3 nitrogen and oxygen atoms in total. The molecule has 1 saturated carbocycles. The van der Waals surface area contributed by atoms with Crippen molar-refractivity contribution in [2.75, 3.05) is 45.8 Å². The number of piperazine rings is 1. The molecule has 0 bridgehead atoms. The predicted molar refractivity (Wildman–Crippen MR) is 80.4 cm³/mol. The molecular weight excluding hydrogens is 234 g/mol. The van der Waals surface area contributed by atoms with E-state index in [9.17, 15) is 0 Å². The Morgan fingerprint density at radius 1 is 1.16 bits per heavy atom. The maximum atomic E-state index is 3.51. The summed E-state index contributed by atoms with van der Waals surface area (Å²) in [6.45, 7) is 13.8. The molecule has 1 aliphatic carbocycles. The second-order valence-corrected chi connectivity index (χ2v) is 7.11. The van der Waals surface area contributed by atoms with Gasteiger partial charge in [-0.1, -0.05) is 6.92 Å². The quantitative estimate of drug-likeness (QED) is 0.836. The van der Waals surface area contributed by atoms with Crippen LogP contribution in [0.15, 0.2) is 0 Å². The summed E-state index contributed by atoms with van der Waals surface area (Å²) in [6, 6.07) is 0.777. The van der Waals surface area contributed by atoms with Crippen molar-refractivity contribution in [1.82, 2.24) is 15.1 Å². The van der Waals surface area contributed by atoms with Crippen molar-refractivity contribution in [2.45, 2.75) is 45.6 Å². The van der Waals surface area contributed by atoms with Crippen LogP contribution in [0.1, 0.15) is 39.5 Å². The molecule has 0 aromatic heterocycles. The first-order valence-electron chi connectivity index (χ1n) is 8.40. The SMILES string of the molecule is CCC(C)N1CCN(CC2CC23CCNCC3)CC1. The van der Waals surface area contributed by atoms with Gasteiger partial charge in [-0.05, 0) is 57.0 Å². The van der Waals surface area contributed by atoms with Gasteiger partial charge in [-0.2, -0.15) is 0 Å². The van der Waals surface area contributed by atoms with Gasteiger partial charge in [0.25, 0.3) is 0 Å². The molecule has 19 heavy (non-hydrogen) atoms. The van der Waals surface area contributed by atoms with Crippen molar-refractivity contribution < 1.29 is 0 Å². The van der Waals surface area contributed by atoms with Crippen LogP contribution in [0, 0.1) is 11.3 Å². The van der Waals surface area contributed by atoms with Gasteiger partial charge in [0.1, 0.15) is 0 Å². The zero-order valence-electron chi connectivity index (χ0n) is 12.8.